The van der Waals surface area contributed by atoms with E-state index < -0.39 is 5.97 Å². The largest absolute Gasteiger partial charge is 0.496 e. The molecule has 0 spiro atoms. The van der Waals surface area contributed by atoms with Crippen molar-refractivity contribution < 1.29 is 19.4 Å². The first-order valence-corrected chi connectivity index (χ1v) is 6.73. The van der Waals surface area contributed by atoms with Gasteiger partial charge in [-0.3, -0.25) is 4.79 Å². The maximum atomic E-state index is 11.9. The van der Waals surface area contributed by atoms with Crippen LogP contribution in [0.25, 0.3) is 0 Å². The standard InChI is InChI=1S/C15H19NO4/c1-3-10-6-14(17)16(8-10)9-12-7-11(15(18)19)4-5-13(12)20-2/h4-5,7,10H,3,6,8-9H2,1-2H3,(H,18,19). The number of carboxylic acids is 1. The van der Waals surface area contributed by atoms with Crippen molar-refractivity contribution >= 4 is 11.9 Å². The number of carbonyl (C=O) groups is 2. The van der Waals surface area contributed by atoms with Crippen LogP contribution in [0.3, 0.4) is 0 Å². The van der Waals surface area contributed by atoms with Gasteiger partial charge in [-0.15, -0.1) is 0 Å². The Bertz CT molecular complexity index is 527. The summed E-state index contributed by atoms with van der Waals surface area (Å²) in [5.41, 5.74) is 0.942. The maximum absolute atomic E-state index is 11.9. The fourth-order valence-corrected chi connectivity index (χ4v) is 2.52. The summed E-state index contributed by atoms with van der Waals surface area (Å²) in [6.45, 7) is 3.21. The van der Waals surface area contributed by atoms with E-state index >= 15 is 0 Å². The highest BCUT2D eigenvalue weighted by atomic mass is 16.5. The lowest BCUT2D eigenvalue weighted by Crippen LogP contribution is -2.25. The predicted molar refractivity (Wildman–Crippen MR) is 73.8 cm³/mol. The summed E-state index contributed by atoms with van der Waals surface area (Å²) in [6.07, 6.45) is 1.56. The number of ether oxygens (including phenoxy) is 1. The van der Waals surface area contributed by atoms with Crippen molar-refractivity contribution in [2.24, 2.45) is 5.92 Å². The van der Waals surface area contributed by atoms with Crippen LogP contribution in [0.2, 0.25) is 0 Å². The Morgan fingerprint density at radius 3 is 2.80 bits per heavy atom. The van der Waals surface area contributed by atoms with Gasteiger partial charge in [-0.1, -0.05) is 13.3 Å². The molecule has 1 amide bonds. The van der Waals surface area contributed by atoms with E-state index in [1.807, 2.05) is 0 Å². The molecule has 0 aliphatic carbocycles. The van der Waals surface area contributed by atoms with Gasteiger partial charge in [0.05, 0.1) is 12.7 Å². The molecule has 1 atom stereocenters. The molecule has 0 radical (unpaired) electrons. The Balaban J connectivity index is 2.21. The second kappa shape index (κ2) is 5.94. The number of hydrogen-bond donors (Lipinski definition) is 1. The third kappa shape index (κ3) is 2.92. The third-order valence-corrected chi connectivity index (χ3v) is 3.76. The molecule has 1 saturated heterocycles. The number of methoxy groups -OCH3 is 1. The van der Waals surface area contributed by atoms with Gasteiger partial charge >= 0.3 is 5.97 Å². The number of carbonyl (C=O) groups excluding carboxylic acids is 1. The van der Waals surface area contributed by atoms with E-state index in [0.717, 1.165) is 18.5 Å². The van der Waals surface area contributed by atoms with Crippen LogP contribution in [0.15, 0.2) is 18.2 Å². The van der Waals surface area contributed by atoms with Gasteiger partial charge < -0.3 is 14.7 Å². The zero-order chi connectivity index (χ0) is 14.7. The van der Waals surface area contributed by atoms with Gasteiger partial charge in [0.2, 0.25) is 5.91 Å². The molecule has 1 aliphatic rings. The van der Waals surface area contributed by atoms with Crippen LogP contribution in [-0.2, 0) is 11.3 Å². The lowest BCUT2D eigenvalue weighted by Gasteiger charge is -2.18. The van der Waals surface area contributed by atoms with Crippen molar-refractivity contribution in [1.29, 1.82) is 0 Å². The number of benzene rings is 1. The van der Waals surface area contributed by atoms with E-state index in [9.17, 15) is 9.59 Å². The van der Waals surface area contributed by atoms with E-state index in [0.29, 0.717) is 24.6 Å². The third-order valence-electron chi connectivity index (χ3n) is 3.76. The van der Waals surface area contributed by atoms with Crippen LogP contribution in [0, 0.1) is 5.92 Å². The quantitative estimate of drug-likeness (QED) is 0.895. The lowest BCUT2D eigenvalue weighted by atomic mass is 10.1. The van der Waals surface area contributed by atoms with Gasteiger partial charge in [-0.2, -0.15) is 0 Å². The summed E-state index contributed by atoms with van der Waals surface area (Å²) in [6, 6.07) is 4.72. The molecule has 1 aliphatic heterocycles. The molecule has 1 fully saturated rings. The summed E-state index contributed by atoms with van der Waals surface area (Å²) >= 11 is 0. The minimum absolute atomic E-state index is 0.125. The molecule has 0 bridgehead atoms. The van der Waals surface area contributed by atoms with Gasteiger partial charge in [0.15, 0.2) is 0 Å². The topological polar surface area (TPSA) is 66.8 Å². The average Bonchev–Trinajstić information content (AvgIpc) is 2.79. The summed E-state index contributed by atoms with van der Waals surface area (Å²) in [7, 11) is 1.54. The SMILES string of the molecule is CCC1CC(=O)N(Cc2cc(C(=O)O)ccc2OC)C1. The number of nitrogens with zero attached hydrogens (tertiary/aromatic N) is 1. The van der Waals surface area contributed by atoms with E-state index in [-0.39, 0.29) is 11.5 Å². The number of likely N-dealkylation sites (tertiary alicyclic amines) is 1. The molecular weight excluding hydrogens is 258 g/mol. The summed E-state index contributed by atoms with van der Waals surface area (Å²) in [5.74, 6) is 0.159. The number of hydrogen-bond acceptors (Lipinski definition) is 3. The molecule has 1 aromatic rings. The highest BCUT2D eigenvalue weighted by Gasteiger charge is 2.28. The molecular formula is C15H19NO4. The molecule has 0 aromatic heterocycles. The monoisotopic (exact) mass is 277 g/mol. The van der Waals surface area contributed by atoms with Gasteiger partial charge in [-0.25, -0.2) is 4.79 Å². The van der Waals surface area contributed by atoms with Crippen molar-refractivity contribution in [3.05, 3.63) is 29.3 Å². The van der Waals surface area contributed by atoms with Gasteiger partial charge in [0.25, 0.3) is 0 Å². The lowest BCUT2D eigenvalue weighted by molar-refractivity contribution is -0.128. The highest BCUT2D eigenvalue weighted by Crippen LogP contribution is 2.26. The molecule has 1 heterocycles. The van der Waals surface area contributed by atoms with Crippen LogP contribution >= 0.6 is 0 Å². The highest BCUT2D eigenvalue weighted by molar-refractivity contribution is 5.88. The van der Waals surface area contributed by atoms with E-state index in [1.54, 1.807) is 24.1 Å². The van der Waals surface area contributed by atoms with Gasteiger partial charge in [0.1, 0.15) is 5.75 Å². The fraction of sp³-hybridized carbons (Fsp3) is 0.467. The molecule has 5 heteroatoms. The summed E-state index contributed by atoms with van der Waals surface area (Å²) < 4.78 is 5.25. The second-order valence-electron chi connectivity index (χ2n) is 5.08. The number of amides is 1. The van der Waals surface area contributed by atoms with Gasteiger partial charge in [0, 0.05) is 25.1 Å². The van der Waals surface area contributed by atoms with Crippen molar-refractivity contribution in [2.75, 3.05) is 13.7 Å². The second-order valence-corrected chi connectivity index (χ2v) is 5.08. The molecule has 2 rings (SSSR count). The normalized spacial score (nSPS) is 18.4. The van der Waals surface area contributed by atoms with Gasteiger partial charge in [-0.05, 0) is 24.1 Å². The van der Waals surface area contributed by atoms with Crippen LogP contribution in [0.4, 0.5) is 0 Å². The number of carboxylic acid groups (broad SMARTS) is 1. The molecule has 108 valence electrons. The van der Waals surface area contributed by atoms with Crippen molar-refractivity contribution in [1.82, 2.24) is 4.90 Å². The van der Waals surface area contributed by atoms with E-state index in [4.69, 9.17) is 9.84 Å². The molecule has 1 unspecified atom stereocenters. The van der Waals surface area contributed by atoms with Crippen LogP contribution in [0.1, 0.15) is 35.7 Å². The van der Waals surface area contributed by atoms with Crippen LogP contribution < -0.4 is 4.74 Å². The van der Waals surface area contributed by atoms with Crippen molar-refractivity contribution in [3.8, 4) is 5.75 Å². The number of aromatic carboxylic acids is 1. The first-order chi connectivity index (χ1) is 9.55. The molecule has 0 saturated carbocycles. The average molecular weight is 277 g/mol. The summed E-state index contributed by atoms with van der Waals surface area (Å²) in [5, 5.41) is 9.04. The maximum Gasteiger partial charge on any atom is 0.335 e. The Kier molecular flexibility index (Phi) is 4.27. The predicted octanol–water partition coefficient (Wildman–Crippen LogP) is 2.15. The van der Waals surface area contributed by atoms with E-state index in [2.05, 4.69) is 6.92 Å². The summed E-state index contributed by atoms with van der Waals surface area (Å²) in [4.78, 5) is 24.7. The van der Waals surface area contributed by atoms with Crippen LogP contribution in [-0.4, -0.2) is 35.5 Å². The van der Waals surface area contributed by atoms with Crippen molar-refractivity contribution in [3.63, 3.8) is 0 Å². The van der Waals surface area contributed by atoms with Crippen LogP contribution in [0.5, 0.6) is 5.75 Å². The van der Waals surface area contributed by atoms with E-state index in [1.165, 1.54) is 6.07 Å². The first kappa shape index (κ1) is 14.4. The molecule has 20 heavy (non-hydrogen) atoms. The zero-order valence-electron chi connectivity index (χ0n) is 11.8. The van der Waals surface area contributed by atoms with Crippen molar-refractivity contribution in [2.45, 2.75) is 26.3 Å². The molecule has 1 N–H and O–H groups in total. The smallest absolute Gasteiger partial charge is 0.335 e. The molecule has 5 nitrogen and oxygen atoms in total. The Morgan fingerprint density at radius 1 is 1.50 bits per heavy atom. The molecule has 1 aromatic carbocycles. The Hall–Kier alpha value is -2.04. The zero-order valence-corrected chi connectivity index (χ0v) is 11.8. The Labute approximate surface area is 118 Å². The first-order valence-electron chi connectivity index (χ1n) is 6.73. The minimum Gasteiger partial charge on any atom is -0.496 e. The Morgan fingerprint density at radius 2 is 2.25 bits per heavy atom. The fourth-order valence-electron chi connectivity index (χ4n) is 2.52. The number of rotatable bonds is 5. The minimum atomic E-state index is -0.979.